The van der Waals surface area contributed by atoms with E-state index < -0.39 is 21.8 Å². The Kier molecular flexibility index (Phi) is 7.03. The van der Waals surface area contributed by atoms with Crippen LogP contribution in [0.1, 0.15) is 25.7 Å². The van der Waals surface area contributed by atoms with E-state index in [9.17, 15) is 22.8 Å². The molecule has 1 aliphatic carbocycles. The first-order valence-electron chi connectivity index (χ1n) is 11.1. The summed E-state index contributed by atoms with van der Waals surface area (Å²) < 4.78 is 38.7. The van der Waals surface area contributed by atoms with Crippen molar-refractivity contribution >= 4 is 27.7 Å². The predicted octanol–water partition coefficient (Wildman–Crippen LogP) is -0.534. The summed E-state index contributed by atoms with van der Waals surface area (Å²) in [6, 6.07) is 4.53. The number of carbonyl (C=O) groups excluding carboxylic acids is 3. The third-order valence-corrected chi connectivity index (χ3v) is 7.15. The van der Waals surface area contributed by atoms with Crippen LogP contribution in [0, 0.1) is 0 Å². The van der Waals surface area contributed by atoms with Gasteiger partial charge in [0.2, 0.25) is 15.9 Å². The van der Waals surface area contributed by atoms with Gasteiger partial charge in [-0.2, -0.15) is 0 Å². The molecule has 0 atom stereocenters. The Labute approximate surface area is 192 Å². The van der Waals surface area contributed by atoms with Gasteiger partial charge in [0.15, 0.2) is 11.5 Å². The number of ether oxygens (including phenoxy) is 2. The number of benzene rings is 1. The van der Waals surface area contributed by atoms with E-state index in [1.807, 2.05) is 0 Å². The van der Waals surface area contributed by atoms with Crippen molar-refractivity contribution in [2.24, 2.45) is 0 Å². The van der Waals surface area contributed by atoms with Crippen LogP contribution in [0.15, 0.2) is 23.1 Å². The number of piperazine rings is 1. The van der Waals surface area contributed by atoms with E-state index in [1.54, 1.807) is 11.0 Å². The van der Waals surface area contributed by atoms with Gasteiger partial charge in [-0.1, -0.05) is 0 Å². The maximum atomic E-state index is 12.6. The number of hydrogen-bond acceptors (Lipinski definition) is 7. The normalized spacial score (nSPS) is 18.4. The minimum atomic E-state index is -3.82. The second-order valence-electron chi connectivity index (χ2n) is 8.23. The molecule has 2 aliphatic heterocycles. The van der Waals surface area contributed by atoms with Gasteiger partial charge in [0.25, 0.3) is 0 Å². The Morgan fingerprint density at radius 2 is 1.64 bits per heavy atom. The maximum absolute atomic E-state index is 12.6. The summed E-state index contributed by atoms with van der Waals surface area (Å²) in [6.07, 6.45) is 2.51. The first kappa shape index (κ1) is 23.3. The number of amides is 3. The van der Waals surface area contributed by atoms with Crippen molar-refractivity contribution < 1.29 is 32.3 Å². The van der Waals surface area contributed by atoms with Crippen molar-refractivity contribution in [1.29, 1.82) is 0 Å². The zero-order chi connectivity index (χ0) is 23.4. The lowest BCUT2D eigenvalue weighted by atomic mass is 10.2. The summed E-state index contributed by atoms with van der Waals surface area (Å²) in [5.74, 6) is -0.502. The number of nitrogens with one attached hydrogen (secondary N) is 2. The monoisotopic (exact) mass is 480 g/mol. The molecule has 1 aromatic rings. The first-order chi connectivity index (χ1) is 15.8. The molecule has 33 heavy (non-hydrogen) atoms. The molecule has 1 saturated heterocycles. The van der Waals surface area contributed by atoms with Gasteiger partial charge in [-0.25, -0.2) is 13.1 Å². The SMILES string of the molecule is O=C(NC1CC1)C(=O)N1CCN(C(=O)CCNS(=O)(=O)c2ccc3c(c2)OCCCO3)CC1. The van der Waals surface area contributed by atoms with E-state index in [2.05, 4.69) is 10.0 Å². The summed E-state index contributed by atoms with van der Waals surface area (Å²) >= 11 is 0. The number of fused-ring (bicyclic) bond motifs is 1. The topological polar surface area (TPSA) is 134 Å². The highest BCUT2D eigenvalue weighted by Crippen LogP contribution is 2.31. The van der Waals surface area contributed by atoms with Crippen LogP contribution < -0.4 is 19.5 Å². The fourth-order valence-electron chi connectivity index (χ4n) is 3.62. The molecule has 0 radical (unpaired) electrons. The fraction of sp³-hybridized carbons (Fsp3) is 0.571. The highest BCUT2D eigenvalue weighted by molar-refractivity contribution is 7.89. The second-order valence-corrected chi connectivity index (χ2v) is 9.99. The molecule has 0 spiro atoms. The molecular formula is C21H28N4O7S. The highest BCUT2D eigenvalue weighted by Gasteiger charge is 2.31. The predicted molar refractivity (Wildman–Crippen MR) is 116 cm³/mol. The lowest BCUT2D eigenvalue weighted by Crippen LogP contribution is -2.54. The molecule has 3 amide bonds. The van der Waals surface area contributed by atoms with Crippen molar-refractivity contribution in [2.45, 2.75) is 36.6 Å². The minimum absolute atomic E-state index is 0.0140. The molecule has 0 unspecified atom stereocenters. The van der Waals surface area contributed by atoms with Crippen LogP contribution in [-0.4, -0.2) is 87.9 Å². The molecule has 1 saturated carbocycles. The highest BCUT2D eigenvalue weighted by atomic mass is 32.2. The third-order valence-electron chi connectivity index (χ3n) is 5.69. The average Bonchev–Trinajstić information content (AvgIpc) is 3.64. The lowest BCUT2D eigenvalue weighted by molar-refractivity contribution is -0.148. The number of nitrogens with zero attached hydrogens (tertiary/aromatic N) is 2. The van der Waals surface area contributed by atoms with Crippen LogP contribution in [0.2, 0.25) is 0 Å². The smallest absolute Gasteiger partial charge is 0.312 e. The van der Waals surface area contributed by atoms with E-state index in [-0.39, 0.29) is 42.9 Å². The van der Waals surface area contributed by atoms with Crippen molar-refractivity contribution in [1.82, 2.24) is 19.8 Å². The summed E-state index contributed by atoms with van der Waals surface area (Å²) in [4.78, 5) is 39.6. The summed E-state index contributed by atoms with van der Waals surface area (Å²) in [5.41, 5.74) is 0. The van der Waals surface area contributed by atoms with Crippen LogP contribution in [0.25, 0.3) is 0 Å². The molecule has 2 heterocycles. The van der Waals surface area contributed by atoms with Crippen LogP contribution in [0.4, 0.5) is 0 Å². The number of hydrogen-bond donors (Lipinski definition) is 2. The Hall–Kier alpha value is -2.86. The Morgan fingerprint density at radius 3 is 2.33 bits per heavy atom. The first-order valence-corrected chi connectivity index (χ1v) is 12.6. The molecule has 2 fully saturated rings. The molecular weight excluding hydrogens is 452 g/mol. The molecule has 180 valence electrons. The largest absolute Gasteiger partial charge is 0.490 e. The van der Waals surface area contributed by atoms with E-state index in [4.69, 9.17) is 9.47 Å². The van der Waals surface area contributed by atoms with Gasteiger partial charge in [-0.3, -0.25) is 14.4 Å². The van der Waals surface area contributed by atoms with Gasteiger partial charge >= 0.3 is 11.8 Å². The molecule has 1 aromatic carbocycles. The molecule has 0 aromatic heterocycles. The van der Waals surface area contributed by atoms with E-state index in [0.29, 0.717) is 44.2 Å². The standard InChI is InChI=1S/C21H28N4O7S/c26-19(24-8-10-25(11-9-24)21(28)20(27)23-15-2-3-15)6-7-22-33(29,30)16-4-5-17-18(14-16)32-13-1-12-31-17/h4-5,14-15,22H,1-3,6-13H2,(H,23,27). The molecule has 11 nitrogen and oxygen atoms in total. The van der Waals surface area contributed by atoms with Crippen molar-refractivity contribution in [3.05, 3.63) is 18.2 Å². The lowest BCUT2D eigenvalue weighted by Gasteiger charge is -2.34. The number of sulfonamides is 1. The van der Waals surface area contributed by atoms with Crippen LogP contribution in [0.5, 0.6) is 11.5 Å². The maximum Gasteiger partial charge on any atom is 0.312 e. The summed E-state index contributed by atoms with van der Waals surface area (Å²) in [7, 11) is -3.82. The molecule has 2 N–H and O–H groups in total. The van der Waals surface area contributed by atoms with E-state index in [1.165, 1.54) is 17.0 Å². The quantitative estimate of drug-likeness (QED) is 0.523. The van der Waals surface area contributed by atoms with Gasteiger partial charge in [0.1, 0.15) is 0 Å². The van der Waals surface area contributed by atoms with Crippen LogP contribution in [-0.2, 0) is 24.4 Å². The summed E-state index contributed by atoms with van der Waals surface area (Å²) in [6.45, 7) is 2.04. The molecule has 12 heteroatoms. The van der Waals surface area contributed by atoms with Gasteiger partial charge in [-0.15, -0.1) is 0 Å². The third kappa shape index (κ3) is 5.93. The van der Waals surface area contributed by atoms with E-state index >= 15 is 0 Å². The zero-order valence-electron chi connectivity index (χ0n) is 18.2. The second kappa shape index (κ2) is 9.96. The zero-order valence-corrected chi connectivity index (χ0v) is 19.1. The number of rotatable bonds is 6. The Bertz CT molecular complexity index is 1020. The van der Waals surface area contributed by atoms with Crippen LogP contribution in [0.3, 0.4) is 0 Å². The van der Waals surface area contributed by atoms with E-state index in [0.717, 1.165) is 12.8 Å². The van der Waals surface area contributed by atoms with Gasteiger partial charge < -0.3 is 24.6 Å². The van der Waals surface area contributed by atoms with Gasteiger partial charge in [0.05, 0.1) is 18.1 Å². The van der Waals surface area contributed by atoms with Crippen LogP contribution >= 0.6 is 0 Å². The van der Waals surface area contributed by atoms with Crippen molar-refractivity contribution in [3.63, 3.8) is 0 Å². The Morgan fingerprint density at radius 1 is 0.970 bits per heavy atom. The van der Waals surface area contributed by atoms with Gasteiger partial charge in [0, 0.05) is 57.7 Å². The number of carbonyl (C=O) groups is 3. The van der Waals surface area contributed by atoms with Crippen molar-refractivity contribution in [3.8, 4) is 11.5 Å². The minimum Gasteiger partial charge on any atom is -0.490 e. The van der Waals surface area contributed by atoms with Gasteiger partial charge in [-0.05, 0) is 25.0 Å². The average molecular weight is 481 g/mol. The fourth-order valence-corrected chi connectivity index (χ4v) is 4.67. The molecule has 3 aliphatic rings. The molecule has 4 rings (SSSR count). The summed E-state index contributed by atoms with van der Waals surface area (Å²) in [5, 5.41) is 2.67. The molecule has 0 bridgehead atoms. The Balaban J connectivity index is 1.22. The van der Waals surface area contributed by atoms with Crippen molar-refractivity contribution in [2.75, 3.05) is 45.9 Å².